The quantitative estimate of drug-likeness (QED) is 0.726. The smallest absolute Gasteiger partial charge is 0.244 e. The van der Waals surface area contributed by atoms with Gasteiger partial charge in [0.25, 0.3) is 0 Å². The normalized spacial score (nSPS) is 25.6. The van der Waals surface area contributed by atoms with E-state index in [-0.39, 0.29) is 23.0 Å². The molecule has 1 rings (SSSR count). The number of carbonyl (C=O) groups excluding carboxylic acids is 1. The van der Waals surface area contributed by atoms with E-state index in [0.717, 1.165) is 5.57 Å². The molecule has 1 heterocycles. The third kappa shape index (κ3) is 2.27. The van der Waals surface area contributed by atoms with Crippen LogP contribution in [-0.2, 0) is 4.79 Å². The molecule has 1 aliphatic rings. The van der Waals surface area contributed by atoms with Crippen molar-refractivity contribution in [1.82, 2.24) is 5.32 Å². The Hall–Kier alpha value is -1.46. The van der Waals surface area contributed by atoms with Crippen LogP contribution in [0.2, 0.25) is 0 Å². The highest BCUT2D eigenvalue weighted by Gasteiger charge is 2.28. The predicted octanol–water partition coefficient (Wildman–Crippen LogP) is 0.785. The first kappa shape index (κ1) is 10.6. The summed E-state index contributed by atoms with van der Waals surface area (Å²) < 4.78 is 0. The molecule has 1 N–H and O–H groups in total. The first-order valence-electron chi connectivity index (χ1n) is 4.06. The van der Waals surface area contributed by atoms with Crippen LogP contribution in [0, 0.1) is 28.6 Å². The molecule has 14 heavy (non-hydrogen) atoms. The molecule has 0 radical (unpaired) electrons. The second-order valence-electron chi connectivity index (χ2n) is 2.89. The lowest BCUT2D eigenvalue weighted by Crippen LogP contribution is -2.41. The van der Waals surface area contributed by atoms with Gasteiger partial charge in [0.15, 0.2) is 0 Å². The van der Waals surface area contributed by atoms with E-state index in [1.807, 2.05) is 6.07 Å². The molecule has 0 saturated carbocycles. The van der Waals surface area contributed by atoms with Crippen LogP contribution in [0.25, 0.3) is 0 Å². The highest BCUT2D eigenvalue weighted by Crippen LogP contribution is 2.25. The number of hydrogen-bond acceptors (Lipinski definition) is 4. The molecule has 2 atom stereocenters. The maximum atomic E-state index is 11.1. The minimum atomic E-state index is -0.328. The summed E-state index contributed by atoms with van der Waals surface area (Å²) in [6.07, 6.45) is 1.43. The van der Waals surface area contributed by atoms with Gasteiger partial charge in [-0.05, 0) is 12.5 Å². The second kappa shape index (κ2) is 4.69. The molecule has 1 aliphatic heterocycles. The maximum Gasteiger partial charge on any atom is 0.244 e. The SMILES string of the molecule is CC1=CC(=O)NC(SCC#N)C1C#N. The molecule has 0 bridgehead atoms. The van der Waals surface area contributed by atoms with Crippen molar-refractivity contribution in [2.45, 2.75) is 12.3 Å². The molecule has 5 heteroatoms. The topological polar surface area (TPSA) is 76.7 Å². The highest BCUT2D eigenvalue weighted by atomic mass is 32.2. The summed E-state index contributed by atoms with van der Waals surface area (Å²) >= 11 is 1.28. The Balaban J connectivity index is 2.77. The molecule has 0 spiro atoms. The van der Waals surface area contributed by atoms with Crippen LogP contribution >= 0.6 is 11.8 Å². The molecule has 0 saturated heterocycles. The van der Waals surface area contributed by atoms with E-state index in [2.05, 4.69) is 11.4 Å². The van der Waals surface area contributed by atoms with Gasteiger partial charge in [-0.15, -0.1) is 11.8 Å². The average molecular weight is 207 g/mol. The van der Waals surface area contributed by atoms with E-state index in [9.17, 15) is 4.79 Å². The van der Waals surface area contributed by atoms with E-state index in [1.54, 1.807) is 6.92 Å². The van der Waals surface area contributed by atoms with Crippen LogP contribution in [0.15, 0.2) is 11.6 Å². The Morgan fingerprint density at radius 3 is 2.93 bits per heavy atom. The number of carbonyl (C=O) groups is 1. The molecule has 2 unspecified atom stereocenters. The summed E-state index contributed by atoms with van der Waals surface area (Å²) in [5, 5.41) is 19.6. The fourth-order valence-corrected chi connectivity index (χ4v) is 2.16. The number of nitrogens with zero attached hydrogens (tertiary/aromatic N) is 2. The van der Waals surface area contributed by atoms with E-state index in [1.165, 1.54) is 17.8 Å². The van der Waals surface area contributed by atoms with Crippen LogP contribution in [0.4, 0.5) is 0 Å². The Bertz CT molecular complexity index is 350. The van der Waals surface area contributed by atoms with Crippen LogP contribution < -0.4 is 5.32 Å². The number of rotatable bonds is 2. The van der Waals surface area contributed by atoms with E-state index >= 15 is 0 Å². The first-order chi connectivity index (χ1) is 6.69. The minimum absolute atomic E-state index is 0.190. The van der Waals surface area contributed by atoms with Gasteiger partial charge in [-0.25, -0.2) is 0 Å². The standard InChI is InChI=1S/C9H9N3OS/c1-6-4-8(13)12-9(7(6)5-11)14-3-2-10/h4,7,9H,3H2,1H3,(H,12,13). The van der Waals surface area contributed by atoms with Crippen molar-refractivity contribution in [2.75, 3.05) is 5.75 Å². The maximum absolute atomic E-state index is 11.1. The lowest BCUT2D eigenvalue weighted by atomic mass is 9.98. The summed E-state index contributed by atoms with van der Waals surface area (Å²) in [5.74, 6) is -0.244. The number of nitriles is 2. The van der Waals surface area contributed by atoms with Crippen molar-refractivity contribution in [3.05, 3.63) is 11.6 Å². The van der Waals surface area contributed by atoms with Gasteiger partial charge in [-0.2, -0.15) is 10.5 Å². The second-order valence-corrected chi connectivity index (χ2v) is 4.02. The van der Waals surface area contributed by atoms with Crippen LogP contribution in [0.1, 0.15) is 6.92 Å². The zero-order valence-electron chi connectivity index (χ0n) is 7.65. The largest absolute Gasteiger partial charge is 0.339 e. The van der Waals surface area contributed by atoms with Crippen LogP contribution in [0.3, 0.4) is 0 Å². The zero-order chi connectivity index (χ0) is 10.6. The fourth-order valence-electron chi connectivity index (χ4n) is 1.23. The van der Waals surface area contributed by atoms with E-state index in [0.29, 0.717) is 0 Å². The van der Waals surface area contributed by atoms with Crippen molar-refractivity contribution in [3.8, 4) is 12.1 Å². The third-order valence-corrected chi connectivity index (χ3v) is 2.95. The molecule has 72 valence electrons. The molecule has 0 fully saturated rings. The van der Waals surface area contributed by atoms with Gasteiger partial charge in [-0.1, -0.05) is 0 Å². The molecule has 0 aromatic heterocycles. The monoisotopic (exact) mass is 207 g/mol. The van der Waals surface area contributed by atoms with E-state index in [4.69, 9.17) is 10.5 Å². The molecule has 0 aromatic carbocycles. The van der Waals surface area contributed by atoms with Gasteiger partial charge in [0.05, 0.1) is 29.2 Å². The zero-order valence-corrected chi connectivity index (χ0v) is 8.47. The van der Waals surface area contributed by atoms with Crippen LogP contribution in [-0.4, -0.2) is 17.0 Å². The number of amides is 1. The lowest BCUT2D eigenvalue weighted by molar-refractivity contribution is -0.117. The van der Waals surface area contributed by atoms with Crippen molar-refractivity contribution in [3.63, 3.8) is 0 Å². The minimum Gasteiger partial charge on any atom is -0.339 e. The number of hydrogen-bond donors (Lipinski definition) is 1. The lowest BCUT2D eigenvalue weighted by Gasteiger charge is -2.25. The van der Waals surface area contributed by atoms with Crippen molar-refractivity contribution < 1.29 is 4.79 Å². The first-order valence-corrected chi connectivity index (χ1v) is 5.10. The fraction of sp³-hybridized carbons (Fsp3) is 0.444. The molecule has 0 aromatic rings. The van der Waals surface area contributed by atoms with Gasteiger partial charge in [0, 0.05) is 6.08 Å². The summed E-state index contributed by atoms with van der Waals surface area (Å²) in [7, 11) is 0. The van der Waals surface area contributed by atoms with Crippen molar-refractivity contribution in [2.24, 2.45) is 5.92 Å². The van der Waals surface area contributed by atoms with Gasteiger partial charge in [0.1, 0.15) is 0 Å². The van der Waals surface area contributed by atoms with Crippen molar-refractivity contribution >= 4 is 17.7 Å². The van der Waals surface area contributed by atoms with Gasteiger partial charge in [-0.3, -0.25) is 4.79 Å². The molecule has 0 aliphatic carbocycles. The summed E-state index contributed by atoms with van der Waals surface area (Å²) in [4.78, 5) is 11.1. The molecule has 1 amide bonds. The Kier molecular flexibility index (Phi) is 3.55. The number of nitrogens with one attached hydrogen (secondary N) is 1. The summed E-state index contributed by atoms with van der Waals surface area (Å²) in [5.41, 5.74) is 0.756. The Morgan fingerprint density at radius 1 is 1.64 bits per heavy atom. The van der Waals surface area contributed by atoms with Gasteiger partial charge in [0.2, 0.25) is 5.91 Å². The van der Waals surface area contributed by atoms with Crippen LogP contribution in [0.5, 0.6) is 0 Å². The average Bonchev–Trinajstić information content (AvgIpc) is 2.14. The Labute approximate surface area is 86.6 Å². The summed E-state index contributed by atoms with van der Waals surface area (Å²) in [6.45, 7) is 1.76. The van der Waals surface area contributed by atoms with E-state index < -0.39 is 0 Å². The molecular formula is C9H9N3OS. The third-order valence-electron chi connectivity index (χ3n) is 1.90. The summed E-state index contributed by atoms with van der Waals surface area (Å²) in [6, 6.07) is 4.09. The predicted molar refractivity (Wildman–Crippen MR) is 52.9 cm³/mol. The number of thioether (sulfide) groups is 1. The Morgan fingerprint density at radius 2 is 2.36 bits per heavy atom. The van der Waals surface area contributed by atoms with Gasteiger partial charge >= 0.3 is 0 Å². The molecular weight excluding hydrogens is 198 g/mol. The highest BCUT2D eigenvalue weighted by molar-refractivity contribution is 8.00. The van der Waals surface area contributed by atoms with Crippen molar-refractivity contribution in [1.29, 1.82) is 10.5 Å². The molecule has 4 nitrogen and oxygen atoms in total. The van der Waals surface area contributed by atoms with Gasteiger partial charge < -0.3 is 5.32 Å².